The number of carbonyl (C=O) groups is 2. The van der Waals surface area contributed by atoms with Gasteiger partial charge in [-0.15, -0.1) is 11.3 Å². The van der Waals surface area contributed by atoms with Crippen LogP contribution in [0.3, 0.4) is 0 Å². The van der Waals surface area contributed by atoms with Crippen molar-refractivity contribution >= 4 is 28.8 Å². The molecule has 1 amide bonds. The molecule has 154 valence electrons. The molecule has 29 heavy (non-hydrogen) atoms. The van der Waals surface area contributed by atoms with Gasteiger partial charge in [-0.05, 0) is 61.0 Å². The van der Waals surface area contributed by atoms with E-state index in [1.54, 1.807) is 20.3 Å². The average molecular weight is 416 g/mol. The number of carbonyl (C=O) groups excluding carboxylic acids is 2. The fourth-order valence-corrected chi connectivity index (χ4v) is 4.69. The molecule has 7 heteroatoms. The maximum Gasteiger partial charge on any atom is 0.295 e. The quantitative estimate of drug-likeness (QED) is 0.442. The van der Waals surface area contributed by atoms with Gasteiger partial charge in [-0.2, -0.15) is 0 Å². The monoisotopic (exact) mass is 415 g/mol. The van der Waals surface area contributed by atoms with E-state index in [0.717, 1.165) is 21.6 Å². The third-order valence-corrected chi connectivity index (χ3v) is 6.29. The highest BCUT2D eigenvalue weighted by Crippen LogP contribution is 2.43. The second kappa shape index (κ2) is 8.39. The lowest BCUT2D eigenvalue weighted by Gasteiger charge is -2.24. The van der Waals surface area contributed by atoms with E-state index >= 15 is 0 Å². The van der Waals surface area contributed by atoms with E-state index in [-0.39, 0.29) is 17.9 Å². The highest BCUT2D eigenvalue weighted by atomic mass is 32.1. The SMILES string of the molecule is COCCN1C(=O)C(=O)/C(=C(/O)c2cc(C)c(OC)cc2C)C1c1sccc1C. The first-order valence-electron chi connectivity index (χ1n) is 9.28. The summed E-state index contributed by atoms with van der Waals surface area (Å²) in [7, 11) is 3.13. The molecule has 1 aliphatic rings. The van der Waals surface area contributed by atoms with Crippen molar-refractivity contribution in [3.05, 3.63) is 56.3 Å². The van der Waals surface area contributed by atoms with Gasteiger partial charge < -0.3 is 19.5 Å². The molecule has 3 rings (SSSR count). The summed E-state index contributed by atoms with van der Waals surface area (Å²) in [5.74, 6) is -0.761. The molecule has 2 heterocycles. The Kier molecular flexibility index (Phi) is 6.10. The third kappa shape index (κ3) is 3.68. The normalized spacial score (nSPS) is 18.5. The fourth-order valence-electron chi connectivity index (χ4n) is 3.65. The minimum atomic E-state index is -0.677. The molecular formula is C22H25NO5S. The molecule has 2 aromatic rings. The first kappa shape index (κ1) is 21.1. The van der Waals surface area contributed by atoms with E-state index in [1.165, 1.54) is 16.2 Å². The Bertz CT molecular complexity index is 991. The van der Waals surface area contributed by atoms with Gasteiger partial charge in [-0.1, -0.05) is 0 Å². The highest BCUT2D eigenvalue weighted by molar-refractivity contribution is 7.10. The number of hydrogen-bond donors (Lipinski definition) is 1. The summed E-state index contributed by atoms with van der Waals surface area (Å²) in [6.07, 6.45) is 0. The van der Waals surface area contributed by atoms with Gasteiger partial charge in [0.05, 0.1) is 25.3 Å². The number of aryl methyl sites for hydroxylation is 3. The van der Waals surface area contributed by atoms with Crippen molar-refractivity contribution in [1.29, 1.82) is 0 Å². The molecule has 1 aromatic heterocycles. The molecule has 1 unspecified atom stereocenters. The number of rotatable bonds is 6. The number of methoxy groups -OCH3 is 2. The zero-order valence-corrected chi connectivity index (χ0v) is 18.1. The second-order valence-corrected chi connectivity index (χ2v) is 8.04. The van der Waals surface area contributed by atoms with Gasteiger partial charge in [0.1, 0.15) is 11.5 Å². The van der Waals surface area contributed by atoms with Crippen molar-refractivity contribution in [1.82, 2.24) is 4.90 Å². The zero-order chi connectivity index (χ0) is 21.3. The van der Waals surface area contributed by atoms with Gasteiger partial charge in [-0.25, -0.2) is 0 Å². The summed E-state index contributed by atoms with van der Waals surface area (Å²) in [6.45, 7) is 6.21. The van der Waals surface area contributed by atoms with Crippen molar-refractivity contribution in [2.45, 2.75) is 26.8 Å². The Hall–Kier alpha value is -2.64. The van der Waals surface area contributed by atoms with E-state index in [0.29, 0.717) is 17.9 Å². The molecule has 1 N–H and O–H groups in total. The van der Waals surface area contributed by atoms with Crippen LogP contribution in [0.25, 0.3) is 5.76 Å². The van der Waals surface area contributed by atoms with Crippen LogP contribution in [-0.4, -0.2) is 49.1 Å². The number of nitrogens with zero attached hydrogens (tertiary/aromatic N) is 1. The summed E-state index contributed by atoms with van der Waals surface area (Å²) in [5, 5.41) is 13.1. The molecule has 1 aliphatic heterocycles. The predicted molar refractivity (Wildman–Crippen MR) is 112 cm³/mol. The van der Waals surface area contributed by atoms with Crippen LogP contribution in [0.2, 0.25) is 0 Å². The zero-order valence-electron chi connectivity index (χ0n) is 17.2. The maximum absolute atomic E-state index is 13.0. The number of Topliss-reactive ketones (excluding diaryl/α,β-unsaturated/α-hetero) is 1. The number of aliphatic hydroxyl groups excluding tert-OH is 1. The molecule has 1 atom stereocenters. The fraction of sp³-hybridized carbons (Fsp3) is 0.364. The number of likely N-dealkylation sites (tertiary alicyclic amines) is 1. The van der Waals surface area contributed by atoms with Gasteiger partial charge in [0, 0.05) is 24.1 Å². The van der Waals surface area contributed by atoms with Crippen LogP contribution in [0.15, 0.2) is 29.2 Å². The third-order valence-electron chi connectivity index (χ3n) is 5.22. The van der Waals surface area contributed by atoms with Crippen LogP contribution in [0.4, 0.5) is 0 Å². The number of amides is 1. The van der Waals surface area contributed by atoms with Gasteiger partial charge in [0.2, 0.25) is 0 Å². The van der Waals surface area contributed by atoms with Crippen LogP contribution in [0, 0.1) is 20.8 Å². The van der Waals surface area contributed by atoms with E-state index in [9.17, 15) is 14.7 Å². The second-order valence-electron chi connectivity index (χ2n) is 7.09. The highest BCUT2D eigenvalue weighted by Gasteiger charge is 2.47. The largest absolute Gasteiger partial charge is 0.507 e. The van der Waals surface area contributed by atoms with Crippen molar-refractivity contribution < 1.29 is 24.2 Å². The molecule has 0 saturated carbocycles. The van der Waals surface area contributed by atoms with Crippen molar-refractivity contribution in [3.63, 3.8) is 0 Å². The van der Waals surface area contributed by atoms with Crippen molar-refractivity contribution in [2.24, 2.45) is 0 Å². The molecular weight excluding hydrogens is 390 g/mol. The summed E-state index contributed by atoms with van der Waals surface area (Å²) >= 11 is 1.47. The first-order chi connectivity index (χ1) is 13.8. The maximum atomic E-state index is 13.0. The number of thiophene rings is 1. The molecule has 0 spiro atoms. The predicted octanol–water partition coefficient (Wildman–Crippen LogP) is 3.75. The minimum absolute atomic E-state index is 0.115. The smallest absolute Gasteiger partial charge is 0.295 e. The van der Waals surface area contributed by atoms with Crippen LogP contribution in [0.5, 0.6) is 5.75 Å². The van der Waals surface area contributed by atoms with E-state index in [2.05, 4.69) is 0 Å². The topological polar surface area (TPSA) is 76.1 Å². The lowest BCUT2D eigenvalue weighted by atomic mass is 9.95. The summed E-state index contributed by atoms with van der Waals surface area (Å²) in [4.78, 5) is 28.1. The van der Waals surface area contributed by atoms with Crippen LogP contribution < -0.4 is 4.74 Å². The van der Waals surface area contributed by atoms with E-state index in [4.69, 9.17) is 9.47 Å². The number of hydrogen-bond acceptors (Lipinski definition) is 6. The lowest BCUT2D eigenvalue weighted by Crippen LogP contribution is -2.32. The number of aliphatic hydroxyl groups is 1. The van der Waals surface area contributed by atoms with Crippen molar-refractivity contribution in [2.75, 3.05) is 27.4 Å². The Morgan fingerprint density at radius 1 is 1.14 bits per heavy atom. The summed E-state index contributed by atoms with van der Waals surface area (Å²) in [6, 6.07) is 4.91. The molecule has 6 nitrogen and oxygen atoms in total. The number of ether oxygens (including phenoxy) is 2. The van der Waals surface area contributed by atoms with Gasteiger partial charge >= 0.3 is 0 Å². The Balaban J connectivity index is 2.21. The standard InChI is InChI=1S/C22H25NO5S/c1-12-6-9-29-21(12)18-17(20(25)22(26)23(18)7-8-27-4)19(24)15-10-14(3)16(28-5)11-13(15)2/h6,9-11,18,24H,7-8H2,1-5H3/b19-17+. The Morgan fingerprint density at radius 2 is 1.86 bits per heavy atom. The minimum Gasteiger partial charge on any atom is -0.507 e. The van der Waals surface area contributed by atoms with Gasteiger partial charge in [-0.3, -0.25) is 9.59 Å². The average Bonchev–Trinajstić information content (AvgIpc) is 3.22. The molecule has 1 aromatic carbocycles. The lowest BCUT2D eigenvalue weighted by molar-refractivity contribution is -0.140. The van der Waals surface area contributed by atoms with Gasteiger partial charge in [0.25, 0.3) is 11.7 Å². The molecule has 1 saturated heterocycles. The number of ketones is 1. The Morgan fingerprint density at radius 3 is 2.45 bits per heavy atom. The van der Waals surface area contributed by atoms with E-state index < -0.39 is 17.7 Å². The van der Waals surface area contributed by atoms with Gasteiger partial charge in [0.15, 0.2) is 0 Å². The number of benzene rings is 1. The summed E-state index contributed by atoms with van der Waals surface area (Å²) < 4.78 is 10.5. The van der Waals surface area contributed by atoms with Crippen LogP contribution in [0.1, 0.15) is 33.2 Å². The van der Waals surface area contributed by atoms with E-state index in [1.807, 2.05) is 38.3 Å². The molecule has 0 aliphatic carbocycles. The van der Waals surface area contributed by atoms with Crippen LogP contribution in [-0.2, 0) is 14.3 Å². The first-order valence-corrected chi connectivity index (χ1v) is 10.2. The summed E-state index contributed by atoms with van der Waals surface area (Å²) in [5.41, 5.74) is 3.20. The van der Waals surface area contributed by atoms with Crippen LogP contribution >= 0.6 is 11.3 Å². The molecule has 1 fully saturated rings. The molecule has 0 radical (unpaired) electrons. The molecule has 0 bridgehead atoms. The Labute approximate surface area is 174 Å². The van der Waals surface area contributed by atoms with Crippen molar-refractivity contribution in [3.8, 4) is 5.75 Å².